The van der Waals surface area contributed by atoms with Crippen molar-refractivity contribution in [1.82, 2.24) is 4.90 Å². The number of primary amides is 1. The fourth-order valence-corrected chi connectivity index (χ4v) is 1.63. The largest absolute Gasteiger partial charge is 0.378 e. The van der Waals surface area contributed by atoms with Crippen LogP contribution in [0, 0.1) is 20.2 Å². The zero-order chi connectivity index (χ0) is 16.2. The number of nitro benzene ring substituents is 2. The summed E-state index contributed by atoms with van der Waals surface area (Å²) >= 11 is 0. The number of hydrogen-bond donors (Lipinski definition) is 2. The summed E-state index contributed by atoms with van der Waals surface area (Å²) in [5.41, 5.74) is 3.54. The van der Waals surface area contributed by atoms with Gasteiger partial charge in [0.15, 0.2) is 0 Å². The standard InChI is InChI=1S/C11H15N5O5/c1-14(2)4-3-13-8-5-7(11(12)17)9(15(18)19)6-10(8)16(20)21/h5-6,13H,3-4H2,1-2H3,(H2,12,17). The fourth-order valence-electron chi connectivity index (χ4n) is 1.63. The second-order valence-corrected chi connectivity index (χ2v) is 4.50. The maximum Gasteiger partial charge on any atom is 0.299 e. The van der Waals surface area contributed by atoms with E-state index in [9.17, 15) is 25.0 Å². The van der Waals surface area contributed by atoms with E-state index in [1.807, 2.05) is 19.0 Å². The topological polar surface area (TPSA) is 145 Å². The van der Waals surface area contributed by atoms with Crippen molar-refractivity contribution < 1.29 is 14.6 Å². The van der Waals surface area contributed by atoms with E-state index in [-0.39, 0.29) is 11.3 Å². The van der Waals surface area contributed by atoms with Crippen molar-refractivity contribution in [1.29, 1.82) is 0 Å². The van der Waals surface area contributed by atoms with E-state index in [1.54, 1.807) is 0 Å². The van der Waals surface area contributed by atoms with Gasteiger partial charge in [-0.1, -0.05) is 0 Å². The van der Waals surface area contributed by atoms with Crippen molar-refractivity contribution in [3.05, 3.63) is 37.9 Å². The summed E-state index contributed by atoms with van der Waals surface area (Å²) in [6.45, 7) is 0.948. The molecule has 10 heteroatoms. The summed E-state index contributed by atoms with van der Waals surface area (Å²) in [4.78, 5) is 33.3. The highest BCUT2D eigenvalue weighted by Gasteiger charge is 2.26. The molecule has 0 aliphatic heterocycles. The summed E-state index contributed by atoms with van der Waals surface area (Å²) in [6.07, 6.45) is 0. The van der Waals surface area contributed by atoms with Gasteiger partial charge < -0.3 is 16.0 Å². The Kier molecular flexibility index (Phi) is 5.13. The van der Waals surface area contributed by atoms with Gasteiger partial charge in [0.05, 0.1) is 15.9 Å². The Labute approximate surface area is 119 Å². The molecule has 21 heavy (non-hydrogen) atoms. The van der Waals surface area contributed by atoms with E-state index in [0.717, 1.165) is 12.1 Å². The Hall–Kier alpha value is -2.75. The number of nitrogens with two attached hydrogens (primary N) is 1. The number of amides is 1. The first kappa shape index (κ1) is 16.3. The van der Waals surface area contributed by atoms with Gasteiger partial charge in [-0.15, -0.1) is 0 Å². The number of benzene rings is 1. The van der Waals surface area contributed by atoms with E-state index in [1.165, 1.54) is 0 Å². The van der Waals surface area contributed by atoms with Crippen LogP contribution in [-0.2, 0) is 0 Å². The van der Waals surface area contributed by atoms with Gasteiger partial charge in [0.25, 0.3) is 17.3 Å². The molecule has 0 aromatic heterocycles. The molecule has 0 spiro atoms. The number of nitrogens with zero attached hydrogens (tertiary/aromatic N) is 3. The zero-order valence-electron chi connectivity index (χ0n) is 11.5. The molecular formula is C11H15N5O5. The fraction of sp³-hybridized carbons (Fsp3) is 0.364. The number of rotatable bonds is 7. The lowest BCUT2D eigenvalue weighted by Gasteiger charge is -2.12. The Morgan fingerprint density at radius 1 is 1.24 bits per heavy atom. The Bertz CT molecular complexity index is 587. The van der Waals surface area contributed by atoms with Gasteiger partial charge in [-0.2, -0.15) is 0 Å². The summed E-state index contributed by atoms with van der Waals surface area (Å²) in [5.74, 6) is -1.02. The van der Waals surface area contributed by atoms with Gasteiger partial charge in [-0.3, -0.25) is 25.0 Å². The molecule has 0 heterocycles. The molecule has 0 unspecified atom stereocenters. The van der Waals surface area contributed by atoms with Crippen LogP contribution in [0.1, 0.15) is 10.4 Å². The lowest BCUT2D eigenvalue weighted by Crippen LogP contribution is -2.21. The third kappa shape index (κ3) is 4.11. The van der Waals surface area contributed by atoms with Crippen molar-refractivity contribution in [2.45, 2.75) is 0 Å². The van der Waals surface area contributed by atoms with Gasteiger partial charge in [0, 0.05) is 13.1 Å². The van der Waals surface area contributed by atoms with E-state index < -0.39 is 27.1 Å². The average Bonchev–Trinajstić information content (AvgIpc) is 2.36. The number of likely N-dealkylation sites (N-methyl/N-ethyl adjacent to an activating group) is 1. The van der Waals surface area contributed by atoms with Crippen molar-refractivity contribution >= 4 is 23.0 Å². The van der Waals surface area contributed by atoms with E-state index in [2.05, 4.69) is 5.32 Å². The maximum absolute atomic E-state index is 11.3. The van der Waals surface area contributed by atoms with Crippen LogP contribution in [0.3, 0.4) is 0 Å². The molecule has 1 rings (SSSR count). The molecule has 0 atom stereocenters. The quantitative estimate of drug-likeness (QED) is 0.552. The first-order valence-electron chi connectivity index (χ1n) is 5.89. The van der Waals surface area contributed by atoms with Crippen molar-refractivity contribution in [2.24, 2.45) is 5.73 Å². The molecule has 1 aromatic rings. The van der Waals surface area contributed by atoms with Crippen molar-refractivity contribution in [2.75, 3.05) is 32.5 Å². The van der Waals surface area contributed by atoms with E-state index >= 15 is 0 Å². The van der Waals surface area contributed by atoms with Crippen LogP contribution in [0.15, 0.2) is 12.1 Å². The maximum atomic E-state index is 11.3. The molecule has 0 saturated heterocycles. The number of carbonyl (C=O) groups excluding carboxylic acids is 1. The van der Waals surface area contributed by atoms with E-state index in [0.29, 0.717) is 13.1 Å². The molecule has 1 amide bonds. The molecule has 0 bridgehead atoms. The minimum atomic E-state index is -1.02. The zero-order valence-corrected chi connectivity index (χ0v) is 11.5. The SMILES string of the molecule is CN(C)CCNc1cc(C(N)=O)c([N+](=O)[O-])cc1[N+](=O)[O-]. The Morgan fingerprint density at radius 2 is 1.81 bits per heavy atom. The summed E-state index contributed by atoms with van der Waals surface area (Å²) in [7, 11) is 3.64. The van der Waals surface area contributed by atoms with Crippen molar-refractivity contribution in [3.8, 4) is 0 Å². The molecule has 1 aromatic carbocycles. The number of nitro groups is 2. The smallest absolute Gasteiger partial charge is 0.299 e. The van der Waals surface area contributed by atoms with Crippen LogP contribution in [-0.4, -0.2) is 47.8 Å². The monoisotopic (exact) mass is 297 g/mol. The molecule has 3 N–H and O–H groups in total. The van der Waals surface area contributed by atoms with Gasteiger partial charge in [0.1, 0.15) is 11.3 Å². The van der Waals surface area contributed by atoms with Crippen LogP contribution < -0.4 is 11.1 Å². The third-order valence-electron chi connectivity index (χ3n) is 2.65. The molecular weight excluding hydrogens is 282 g/mol. The molecule has 0 aliphatic rings. The Morgan fingerprint density at radius 3 is 2.24 bits per heavy atom. The summed E-state index contributed by atoms with van der Waals surface area (Å²) in [6, 6.07) is 1.77. The predicted molar refractivity (Wildman–Crippen MR) is 75.3 cm³/mol. The van der Waals surface area contributed by atoms with Crippen LogP contribution in [0.2, 0.25) is 0 Å². The molecule has 0 radical (unpaired) electrons. The lowest BCUT2D eigenvalue weighted by atomic mass is 10.1. The first-order valence-corrected chi connectivity index (χ1v) is 5.89. The van der Waals surface area contributed by atoms with Gasteiger partial charge >= 0.3 is 0 Å². The average molecular weight is 297 g/mol. The normalized spacial score (nSPS) is 10.4. The van der Waals surface area contributed by atoms with Gasteiger partial charge in [0.2, 0.25) is 0 Å². The minimum Gasteiger partial charge on any atom is -0.378 e. The van der Waals surface area contributed by atoms with Crippen LogP contribution >= 0.6 is 0 Å². The number of carbonyl (C=O) groups is 1. The lowest BCUT2D eigenvalue weighted by molar-refractivity contribution is -0.393. The number of anilines is 1. The number of nitrogens with one attached hydrogen (secondary N) is 1. The molecule has 0 saturated carbocycles. The highest BCUT2D eigenvalue weighted by Crippen LogP contribution is 2.32. The molecule has 114 valence electrons. The highest BCUT2D eigenvalue weighted by atomic mass is 16.6. The van der Waals surface area contributed by atoms with Gasteiger partial charge in [-0.25, -0.2) is 0 Å². The number of hydrogen-bond acceptors (Lipinski definition) is 7. The summed E-state index contributed by atoms with van der Waals surface area (Å²) in [5, 5.41) is 24.6. The molecule has 0 fully saturated rings. The molecule has 10 nitrogen and oxygen atoms in total. The minimum absolute atomic E-state index is 0.0150. The van der Waals surface area contributed by atoms with E-state index in [4.69, 9.17) is 5.73 Å². The summed E-state index contributed by atoms with van der Waals surface area (Å²) < 4.78 is 0. The van der Waals surface area contributed by atoms with Gasteiger partial charge in [-0.05, 0) is 20.2 Å². The Balaban J connectivity index is 3.27. The van der Waals surface area contributed by atoms with Crippen LogP contribution in [0.5, 0.6) is 0 Å². The molecule has 0 aliphatic carbocycles. The third-order valence-corrected chi connectivity index (χ3v) is 2.65. The van der Waals surface area contributed by atoms with Crippen molar-refractivity contribution in [3.63, 3.8) is 0 Å². The second-order valence-electron chi connectivity index (χ2n) is 4.50. The van der Waals surface area contributed by atoms with Crippen LogP contribution in [0.4, 0.5) is 17.1 Å². The first-order chi connectivity index (χ1) is 9.73. The predicted octanol–water partition coefficient (Wildman–Crippen LogP) is 0.575. The van der Waals surface area contributed by atoms with Crippen LogP contribution in [0.25, 0.3) is 0 Å². The highest BCUT2D eigenvalue weighted by molar-refractivity contribution is 5.99. The second kappa shape index (κ2) is 6.61.